The molecular formula is C52H37N3. The van der Waals surface area contributed by atoms with Crippen molar-refractivity contribution in [3.63, 3.8) is 0 Å². The minimum atomic E-state index is -0.657. The molecule has 1 aromatic heterocycles. The second kappa shape index (κ2) is 13.4. The molecule has 1 unspecified atom stereocenters. The highest BCUT2D eigenvalue weighted by molar-refractivity contribution is 6.09. The second-order valence-corrected chi connectivity index (χ2v) is 14.2. The maximum absolute atomic E-state index is 5.50. The van der Waals surface area contributed by atoms with Gasteiger partial charge in [0.25, 0.3) is 0 Å². The average molecular weight is 704 g/mol. The van der Waals surface area contributed by atoms with Crippen LogP contribution < -0.4 is 0 Å². The Morgan fingerprint density at radius 3 is 1.78 bits per heavy atom. The zero-order valence-electron chi connectivity index (χ0n) is 30.3. The van der Waals surface area contributed by atoms with E-state index in [0.717, 1.165) is 22.5 Å². The van der Waals surface area contributed by atoms with Crippen LogP contribution in [0.5, 0.6) is 0 Å². The number of fused-ring (bicyclic) bond motifs is 5. The summed E-state index contributed by atoms with van der Waals surface area (Å²) in [6.07, 6.45) is 0.678. The summed E-state index contributed by atoms with van der Waals surface area (Å²) in [5, 5.41) is 4.96. The van der Waals surface area contributed by atoms with Crippen LogP contribution in [0.4, 0.5) is 0 Å². The quantitative estimate of drug-likeness (QED) is 0.117. The van der Waals surface area contributed by atoms with E-state index in [-0.39, 0.29) is 0 Å². The highest BCUT2D eigenvalue weighted by Crippen LogP contribution is 2.56. The zero-order chi connectivity index (χ0) is 36.8. The first-order valence-corrected chi connectivity index (χ1v) is 18.8. The first-order chi connectivity index (χ1) is 27.3. The smallest absolute Gasteiger partial charge is 0.159 e. The number of nitrogens with zero attached hydrogens (tertiary/aromatic N) is 3. The highest BCUT2D eigenvalue weighted by atomic mass is 15.0. The maximum Gasteiger partial charge on any atom is 0.159 e. The summed E-state index contributed by atoms with van der Waals surface area (Å²) in [5.41, 5.74) is 11.9. The Labute approximate surface area is 320 Å². The number of aromatic nitrogens is 1. The van der Waals surface area contributed by atoms with E-state index in [0.29, 0.717) is 12.3 Å². The van der Waals surface area contributed by atoms with Crippen molar-refractivity contribution in [3.05, 3.63) is 239 Å². The van der Waals surface area contributed by atoms with Crippen molar-refractivity contribution in [2.45, 2.75) is 11.8 Å². The van der Waals surface area contributed by atoms with Gasteiger partial charge < -0.3 is 4.57 Å². The molecular weight excluding hydrogens is 667 g/mol. The molecule has 0 fully saturated rings. The Hall–Kier alpha value is -7.10. The summed E-state index contributed by atoms with van der Waals surface area (Å²) in [7, 11) is 0. The van der Waals surface area contributed by atoms with Gasteiger partial charge in [-0.2, -0.15) is 0 Å². The number of hydrogen-bond acceptors (Lipinski definition) is 1. The molecule has 1 heterocycles. The predicted molar refractivity (Wildman–Crippen MR) is 231 cm³/mol. The lowest BCUT2D eigenvalue weighted by molar-refractivity contribution is 0.720. The van der Waals surface area contributed by atoms with E-state index in [9.17, 15) is 0 Å². The minimum Gasteiger partial charge on any atom is -0.309 e. The number of amidine groups is 1. The molecule has 3 heteroatoms. The van der Waals surface area contributed by atoms with Crippen molar-refractivity contribution < 1.29 is 0 Å². The SMILES string of the molecule is C=N/C(=N\C1=C(Cc2cccc3ccccc23)C(c2ccccc2)(c2ccc(-n3c4ccccc4c4ccccc43)cc2)c2ccccc21)c1ccccc1. The Morgan fingerprint density at radius 2 is 1.07 bits per heavy atom. The van der Waals surface area contributed by atoms with Gasteiger partial charge in [-0.1, -0.05) is 176 Å². The van der Waals surface area contributed by atoms with Gasteiger partial charge in [-0.15, -0.1) is 0 Å². The van der Waals surface area contributed by atoms with E-state index < -0.39 is 5.41 Å². The molecule has 0 radical (unpaired) electrons. The largest absolute Gasteiger partial charge is 0.309 e. The molecule has 9 aromatic rings. The molecule has 0 saturated carbocycles. The number of aliphatic imine (C=N–C) groups is 2. The molecule has 55 heavy (non-hydrogen) atoms. The van der Waals surface area contributed by atoms with Gasteiger partial charge in [-0.25, -0.2) is 9.98 Å². The molecule has 3 nitrogen and oxygen atoms in total. The topological polar surface area (TPSA) is 29.6 Å². The molecule has 0 saturated heterocycles. The van der Waals surface area contributed by atoms with Crippen molar-refractivity contribution in [3.8, 4) is 5.69 Å². The van der Waals surface area contributed by atoms with Crippen LogP contribution in [0.25, 0.3) is 44.0 Å². The molecule has 260 valence electrons. The van der Waals surface area contributed by atoms with Crippen LogP contribution in [0.3, 0.4) is 0 Å². The molecule has 0 bridgehead atoms. The van der Waals surface area contributed by atoms with Crippen LogP contribution >= 0.6 is 0 Å². The molecule has 1 aliphatic carbocycles. The number of benzene rings is 8. The third-order valence-electron chi connectivity index (χ3n) is 11.3. The normalized spacial score (nSPS) is 15.5. The number of allylic oxidation sites excluding steroid dienone is 1. The fourth-order valence-electron chi connectivity index (χ4n) is 8.96. The van der Waals surface area contributed by atoms with E-state index in [1.165, 1.54) is 60.4 Å². The first kappa shape index (κ1) is 32.5. The van der Waals surface area contributed by atoms with Gasteiger partial charge in [-0.3, -0.25) is 0 Å². The van der Waals surface area contributed by atoms with E-state index >= 15 is 0 Å². The summed E-state index contributed by atoms with van der Waals surface area (Å²) in [6, 6.07) is 71.9. The Bertz CT molecular complexity index is 2890. The minimum absolute atomic E-state index is 0.603. The maximum atomic E-state index is 5.50. The van der Waals surface area contributed by atoms with Gasteiger partial charge in [0.1, 0.15) is 0 Å². The van der Waals surface area contributed by atoms with Crippen LogP contribution in [-0.2, 0) is 11.8 Å². The third-order valence-corrected chi connectivity index (χ3v) is 11.3. The first-order valence-electron chi connectivity index (χ1n) is 18.8. The van der Waals surface area contributed by atoms with Gasteiger partial charge in [0.05, 0.1) is 22.1 Å². The van der Waals surface area contributed by atoms with Crippen molar-refractivity contribution in [1.82, 2.24) is 4.57 Å². The molecule has 1 aliphatic rings. The molecule has 1 atom stereocenters. The van der Waals surface area contributed by atoms with E-state index in [2.05, 4.69) is 198 Å². The fraction of sp³-hybridized carbons (Fsp3) is 0.0385. The lowest BCUT2D eigenvalue weighted by atomic mass is 9.65. The standard InChI is InChI=1S/C52H37N3/c1-53-51(37-18-4-2-5-19-37)54-50-45-27-10-13-28-46(45)52(39-22-6-3-7-23-39,47(50)35-38-21-16-20-36-17-8-9-24-42(36)38)40-31-33-41(34-32-40)55-48-29-14-11-25-43(48)44-26-12-15-30-49(44)55/h2-34H,1,35H2/b54-51-. The van der Waals surface area contributed by atoms with Crippen LogP contribution in [0, 0.1) is 0 Å². The summed E-state index contributed by atoms with van der Waals surface area (Å²) in [5.74, 6) is 0.603. The van der Waals surface area contributed by atoms with Crippen molar-refractivity contribution in [1.29, 1.82) is 0 Å². The number of rotatable bonds is 7. The molecule has 10 rings (SSSR count). The molecule has 0 spiro atoms. The summed E-state index contributed by atoms with van der Waals surface area (Å²) >= 11 is 0. The van der Waals surface area contributed by atoms with Gasteiger partial charge in [0.2, 0.25) is 0 Å². The number of hydrogen-bond donors (Lipinski definition) is 0. The predicted octanol–water partition coefficient (Wildman–Crippen LogP) is 12.4. The van der Waals surface area contributed by atoms with Gasteiger partial charge in [0.15, 0.2) is 5.84 Å². The summed E-state index contributed by atoms with van der Waals surface area (Å²) in [6.45, 7) is 4.01. The second-order valence-electron chi connectivity index (χ2n) is 14.2. The van der Waals surface area contributed by atoms with Crippen LogP contribution in [0.2, 0.25) is 0 Å². The molecule has 8 aromatic carbocycles. The zero-order valence-corrected chi connectivity index (χ0v) is 30.3. The Kier molecular flexibility index (Phi) is 7.92. The van der Waals surface area contributed by atoms with Gasteiger partial charge in [-0.05, 0) is 76.0 Å². The lowest BCUT2D eigenvalue weighted by Gasteiger charge is -2.36. The molecule has 0 amide bonds. The lowest BCUT2D eigenvalue weighted by Crippen LogP contribution is -2.31. The third kappa shape index (κ3) is 5.20. The highest BCUT2D eigenvalue weighted by Gasteiger charge is 2.48. The van der Waals surface area contributed by atoms with Crippen molar-refractivity contribution >= 4 is 50.8 Å². The van der Waals surface area contributed by atoms with Gasteiger partial charge >= 0.3 is 0 Å². The fourth-order valence-corrected chi connectivity index (χ4v) is 8.96. The number of para-hydroxylation sites is 2. The Balaban J connectivity index is 1.27. The van der Waals surface area contributed by atoms with Gasteiger partial charge in [0, 0.05) is 27.6 Å². The van der Waals surface area contributed by atoms with Crippen LogP contribution in [0.15, 0.2) is 216 Å². The Morgan fingerprint density at radius 1 is 0.509 bits per heavy atom. The van der Waals surface area contributed by atoms with E-state index in [1.54, 1.807) is 0 Å². The summed E-state index contributed by atoms with van der Waals surface area (Å²) < 4.78 is 2.39. The summed E-state index contributed by atoms with van der Waals surface area (Å²) in [4.78, 5) is 10.0. The molecule has 0 aliphatic heterocycles. The average Bonchev–Trinajstić information content (AvgIpc) is 3.74. The van der Waals surface area contributed by atoms with Crippen molar-refractivity contribution in [2.75, 3.05) is 0 Å². The molecule has 0 N–H and O–H groups in total. The van der Waals surface area contributed by atoms with Crippen LogP contribution in [0.1, 0.15) is 33.4 Å². The van der Waals surface area contributed by atoms with Crippen molar-refractivity contribution in [2.24, 2.45) is 9.98 Å². The monoisotopic (exact) mass is 703 g/mol. The van der Waals surface area contributed by atoms with E-state index in [4.69, 9.17) is 4.99 Å². The van der Waals surface area contributed by atoms with E-state index in [1.807, 2.05) is 18.2 Å². The van der Waals surface area contributed by atoms with Crippen LogP contribution in [-0.4, -0.2) is 17.1 Å².